The minimum Gasteiger partial charge on any atom is -0.465 e. The van der Waals surface area contributed by atoms with Gasteiger partial charge in [-0.3, -0.25) is 0 Å². The molecule has 1 fully saturated rings. The van der Waals surface area contributed by atoms with Gasteiger partial charge in [0.25, 0.3) is 0 Å². The molecule has 0 saturated carbocycles. The Hall–Kier alpha value is -2.01. The number of carbonyl (C=O) groups is 1. The van der Waals surface area contributed by atoms with E-state index >= 15 is 0 Å². The number of rotatable bonds is 3. The zero-order valence-corrected chi connectivity index (χ0v) is 12.3. The fraction of sp³-hybridized carbons (Fsp3) is 0.438. The fourth-order valence-electron chi connectivity index (χ4n) is 2.82. The van der Waals surface area contributed by atoms with E-state index in [1.807, 2.05) is 19.2 Å². The van der Waals surface area contributed by atoms with Gasteiger partial charge in [0.1, 0.15) is 5.58 Å². The molecule has 2 heterocycles. The van der Waals surface area contributed by atoms with Crippen molar-refractivity contribution in [3.63, 3.8) is 0 Å². The highest BCUT2D eigenvalue weighted by Crippen LogP contribution is 2.29. The Morgan fingerprint density at radius 2 is 2.10 bits per heavy atom. The summed E-state index contributed by atoms with van der Waals surface area (Å²) in [5.74, 6) is -0.344. The maximum absolute atomic E-state index is 12.0. The van der Waals surface area contributed by atoms with Crippen LogP contribution in [0.3, 0.4) is 0 Å². The lowest BCUT2D eigenvalue weighted by molar-refractivity contribution is 0.0603. The number of methoxy groups -OCH3 is 1. The first-order valence-electron chi connectivity index (χ1n) is 7.11. The summed E-state index contributed by atoms with van der Waals surface area (Å²) in [4.78, 5) is 14.2. The lowest BCUT2D eigenvalue weighted by Crippen LogP contribution is -2.36. The third kappa shape index (κ3) is 2.61. The van der Waals surface area contributed by atoms with E-state index in [0.717, 1.165) is 37.1 Å². The number of nitrogens with zero attached hydrogens (tertiary/aromatic N) is 1. The molecule has 0 spiro atoms. The molecule has 112 valence electrons. The van der Waals surface area contributed by atoms with E-state index in [0.29, 0.717) is 17.2 Å². The summed E-state index contributed by atoms with van der Waals surface area (Å²) in [7, 11) is 3.43. The molecule has 0 amide bonds. The average molecular weight is 289 g/mol. The Bertz CT molecular complexity index is 643. The van der Waals surface area contributed by atoms with Crippen molar-refractivity contribution in [1.82, 2.24) is 0 Å². The molecule has 1 aliphatic heterocycles. The first kappa shape index (κ1) is 13.9. The van der Waals surface area contributed by atoms with Crippen LogP contribution in [-0.4, -0.2) is 39.4 Å². The maximum atomic E-state index is 12.0. The molecular formula is C16H19NO4. The van der Waals surface area contributed by atoms with Crippen LogP contribution in [0, 0.1) is 0 Å². The SMILES string of the molecule is COC(=O)c1cc(N(C)C2CCOCC2)cc2occc12. The van der Waals surface area contributed by atoms with Gasteiger partial charge in [0, 0.05) is 43.4 Å². The van der Waals surface area contributed by atoms with Crippen molar-refractivity contribution in [2.45, 2.75) is 18.9 Å². The summed E-state index contributed by atoms with van der Waals surface area (Å²) in [6, 6.07) is 6.05. The first-order chi connectivity index (χ1) is 10.2. The monoisotopic (exact) mass is 289 g/mol. The highest BCUT2D eigenvalue weighted by Gasteiger charge is 2.21. The van der Waals surface area contributed by atoms with Crippen LogP contribution in [0.4, 0.5) is 5.69 Å². The van der Waals surface area contributed by atoms with Crippen LogP contribution >= 0.6 is 0 Å². The van der Waals surface area contributed by atoms with Gasteiger partial charge in [0.05, 0.1) is 18.9 Å². The van der Waals surface area contributed by atoms with Gasteiger partial charge in [-0.05, 0) is 25.0 Å². The Labute approximate surface area is 123 Å². The topological polar surface area (TPSA) is 51.9 Å². The molecule has 0 N–H and O–H groups in total. The van der Waals surface area contributed by atoms with E-state index in [4.69, 9.17) is 13.9 Å². The maximum Gasteiger partial charge on any atom is 0.338 e. The third-order valence-electron chi connectivity index (χ3n) is 4.11. The van der Waals surface area contributed by atoms with Crippen molar-refractivity contribution >= 4 is 22.6 Å². The molecule has 2 aromatic rings. The molecule has 21 heavy (non-hydrogen) atoms. The Morgan fingerprint density at radius 3 is 2.81 bits per heavy atom. The first-order valence-corrected chi connectivity index (χ1v) is 7.11. The number of hydrogen-bond acceptors (Lipinski definition) is 5. The number of fused-ring (bicyclic) bond motifs is 1. The molecule has 3 rings (SSSR count). The van der Waals surface area contributed by atoms with Crippen molar-refractivity contribution in [1.29, 1.82) is 0 Å². The molecule has 0 atom stereocenters. The van der Waals surface area contributed by atoms with E-state index in [2.05, 4.69) is 4.90 Å². The minimum atomic E-state index is -0.344. The standard InChI is InChI=1S/C16H19NO4/c1-17(11-3-6-20-7-4-11)12-9-14(16(18)19-2)13-5-8-21-15(13)10-12/h5,8-11H,3-4,6-7H2,1-2H3. The van der Waals surface area contributed by atoms with Crippen LogP contribution in [0.2, 0.25) is 0 Å². The van der Waals surface area contributed by atoms with Gasteiger partial charge >= 0.3 is 5.97 Å². The van der Waals surface area contributed by atoms with Gasteiger partial charge < -0.3 is 18.8 Å². The molecular weight excluding hydrogens is 270 g/mol. The second-order valence-electron chi connectivity index (χ2n) is 5.27. The van der Waals surface area contributed by atoms with E-state index in [-0.39, 0.29) is 5.97 Å². The smallest absolute Gasteiger partial charge is 0.338 e. The predicted molar refractivity (Wildman–Crippen MR) is 79.8 cm³/mol. The molecule has 1 aromatic heterocycles. The van der Waals surface area contributed by atoms with Gasteiger partial charge in [0.15, 0.2) is 0 Å². The molecule has 5 heteroatoms. The Balaban J connectivity index is 1.99. The molecule has 1 saturated heterocycles. The summed E-state index contributed by atoms with van der Waals surface area (Å²) in [5.41, 5.74) is 2.20. The number of benzene rings is 1. The van der Waals surface area contributed by atoms with Crippen molar-refractivity contribution in [3.8, 4) is 0 Å². The number of carbonyl (C=O) groups excluding carboxylic acids is 1. The van der Waals surface area contributed by atoms with Crippen molar-refractivity contribution in [2.75, 3.05) is 32.3 Å². The van der Waals surface area contributed by atoms with E-state index in [1.165, 1.54) is 7.11 Å². The molecule has 5 nitrogen and oxygen atoms in total. The van der Waals surface area contributed by atoms with Crippen LogP contribution in [0.15, 0.2) is 28.9 Å². The summed E-state index contributed by atoms with van der Waals surface area (Å²) in [6.07, 6.45) is 3.57. The molecule has 0 aliphatic carbocycles. The molecule has 0 radical (unpaired) electrons. The van der Waals surface area contributed by atoms with Crippen molar-refractivity contribution in [3.05, 3.63) is 30.0 Å². The van der Waals surface area contributed by atoms with E-state index < -0.39 is 0 Å². The quantitative estimate of drug-likeness (QED) is 0.813. The summed E-state index contributed by atoms with van der Waals surface area (Å²) in [6.45, 7) is 1.56. The average Bonchev–Trinajstić information content (AvgIpc) is 3.01. The van der Waals surface area contributed by atoms with Gasteiger partial charge in [-0.2, -0.15) is 0 Å². The molecule has 0 bridgehead atoms. The van der Waals surface area contributed by atoms with E-state index in [1.54, 1.807) is 12.3 Å². The molecule has 1 aliphatic rings. The van der Waals surface area contributed by atoms with Crippen LogP contribution < -0.4 is 4.90 Å². The predicted octanol–water partition coefficient (Wildman–Crippen LogP) is 2.83. The zero-order chi connectivity index (χ0) is 14.8. The van der Waals surface area contributed by atoms with Gasteiger partial charge in [-0.15, -0.1) is 0 Å². The van der Waals surface area contributed by atoms with Crippen molar-refractivity contribution < 1.29 is 18.7 Å². The summed E-state index contributed by atoms with van der Waals surface area (Å²) in [5, 5.41) is 0.783. The van der Waals surface area contributed by atoms with Crippen LogP contribution in [0.5, 0.6) is 0 Å². The Morgan fingerprint density at radius 1 is 1.33 bits per heavy atom. The number of esters is 1. The zero-order valence-electron chi connectivity index (χ0n) is 12.3. The van der Waals surface area contributed by atoms with E-state index in [9.17, 15) is 4.79 Å². The third-order valence-corrected chi connectivity index (χ3v) is 4.11. The van der Waals surface area contributed by atoms with Crippen LogP contribution in [-0.2, 0) is 9.47 Å². The van der Waals surface area contributed by atoms with Crippen LogP contribution in [0.1, 0.15) is 23.2 Å². The highest BCUT2D eigenvalue weighted by molar-refractivity contribution is 6.04. The lowest BCUT2D eigenvalue weighted by Gasteiger charge is -2.33. The van der Waals surface area contributed by atoms with Crippen LogP contribution in [0.25, 0.3) is 11.0 Å². The normalized spacial score (nSPS) is 16.1. The second-order valence-corrected chi connectivity index (χ2v) is 5.27. The summed E-state index contributed by atoms with van der Waals surface area (Å²) >= 11 is 0. The lowest BCUT2D eigenvalue weighted by atomic mass is 10.0. The van der Waals surface area contributed by atoms with Gasteiger partial charge in [0.2, 0.25) is 0 Å². The van der Waals surface area contributed by atoms with Gasteiger partial charge in [-0.1, -0.05) is 0 Å². The highest BCUT2D eigenvalue weighted by atomic mass is 16.5. The minimum absolute atomic E-state index is 0.344. The van der Waals surface area contributed by atoms with Gasteiger partial charge in [-0.25, -0.2) is 4.79 Å². The molecule has 0 unspecified atom stereocenters. The molecule has 1 aromatic carbocycles. The largest absolute Gasteiger partial charge is 0.465 e. The number of anilines is 1. The number of furan rings is 1. The number of hydrogen-bond donors (Lipinski definition) is 0. The second kappa shape index (κ2) is 5.77. The Kier molecular flexibility index (Phi) is 3.84. The van der Waals surface area contributed by atoms with Crippen molar-refractivity contribution in [2.24, 2.45) is 0 Å². The fourth-order valence-corrected chi connectivity index (χ4v) is 2.82. The number of ether oxygens (including phenoxy) is 2. The summed E-state index contributed by atoms with van der Waals surface area (Å²) < 4.78 is 15.8.